The van der Waals surface area contributed by atoms with Crippen LogP contribution in [0.15, 0.2) is 83.8 Å². The van der Waals surface area contributed by atoms with Crippen molar-refractivity contribution in [1.29, 1.82) is 0 Å². The van der Waals surface area contributed by atoms with Gasteiger partial charge in [0.15, 0.2) is 0 Å². The molecule has 1 saturated carbocycles. The van der Waals surface area contributed by atoms with Gasteiger partial charge in [0.25, 0.3) is 0 Å². The van der Waals surface area contributed by atoms with E-state index in [0.717, 1.165) is 27.4 Å². The Bertz CT molecular complexity index is 1160. The molecular weight excluding hydrogens is 434 g/mol. The summed E-state index contributed by atoms with van der Waals surface area (Å²) in [6, 6.07) is 23.3. The third kappa shape index (κ3) is 4.98. The van der Waals surface area contributed by atoms with E-state index >= 15 is 0 Å². The van der Waals surface area contributed by atoms with E-state index in [1.165, 1.54) is 12.1 Å². The number of carboxylic acid groups (broad SMARTS) is 1. The van der Waals surface area contributed by atoms with Crippen LogP contribution in [0.25, 0.3) is 11.1 Å². The van der Waals surface area contributed by atoms with E-state index in [4.69, 9.17) is 11.6 Å². The Labute approximate surface area is 187 Å². The molecule has 1 aliphatic rings. The molecule has 0 bridgehead atoms. The maximum absolute atomic E-state index is 13.3. The first-order chi connectivity index (χ1) is 14.8. The molecule has 1 aliphatic carbocycles. The van der Waals surface area contributed by atoms with Gasteiger partial charge in [0.1, 0.15) is 6.54 Å². The van der Waals surface area contributed by atoms with Gasteiger partial charge in [-0.15, -0.1) is 0 Å². The van der Waals surface area contributed by atoms with Gasteiger partial charge in [-0.3, -0.25) is 4.79 Å². The largest absolute Gasteiger partial charge is 0.480 e. The molecular formula is C24H22ClNO4S. The lowest BCUT2D eigenvalue weighted by Crippen LogP contribution is -2.38. The zero-order valence-corrected chi connectivity index (χ0v) is 18.3. The van der Waals surface area contributed by atoms with Crippen LogP contribution in [0, 0.1) is 5.92 Å². The van der Waals surface area contributed by atoms with Crippen LogP contribution in [0.4, 0.5) is 0 Å². The van der Waals surface area contributed by atoms with Gasteiger partial charge in [0.05, 0.1) is 4.90 Å². The van der Waals surface area contributed by atoms with E-state index in [1.807, 2.05) is 42.5 Å². The first kappa shape index (κ1) is 21.6. The summed E-state index contributed by atoms with van der Waals surface area (Å²) in [5.41, 5.74) is 2.89. The predicted octanol–water partition coefficient (Wildman–Crippen LogP) is 4.71. The Morgan fingerprint density at radius 1 is 0.935 bits per heavy atom. The van der Waals surface area contributed by atoms with Crippen molar-refractivity contribution in [3.8, 4) is 11.1 Å². The predicted molar refractivity (Wildman–Crippen MR) is 120 cm³/mol. The number of sulfonamides is 1. The van der Waals surface area contributed by atoms with Gasteiger partial charge < -0.3 is 5.11 Å². The molecule has 0 aromatic heterocycles. The molecule has 1 fully saturated rings. The second kappa shape index (κ2) is 8.83. The molecule has 1 N–H and O–H groups in total. The smallest absolute Gasteiger partial charge is 0.318 e. The van der Waals surface area contributed by atoms with E-state index in [1.54, 1.807) is 24.3 Å². The molecule has 0 heterocycles. The van der Waals surface area contributed by atoms with Gasteiger partial charge in [0.2, 0.25) is 10.0 Å². The van der Waals surface area contributed by atoms with Crippen molar-refractivity contribution in [2.75, 3.05) is 6.54 Å². The van der Waals surface area contributed by atoms with Crippen molar-refractivity contribution in [2.45, 2.75) is 23.8 Å². The molecule has 5 nitrogen and oxygen atoms in total. The lowest BCUT2D eigenvalue weighted by molar-refractivity contribution is -0.137. The molecule has 0 amide bonds. The molecule has 0 aliphatic heterocycles. The molecule has 3 aromatic carbocycles. The van der Waals surface area contributed by atoms with Crippen molar-refractivity contribution in [3.05, 3.63) is 89.4 Å². The van der Waals surface area contributed by atoms with Crippen LogP contribution in [0.2, 0.25) is 5.02 Å². The summed E-state index contributed by atoms with van der Waals surface area (Å²) in [6.07, 6.45) is 1.39. The molecule has 0 saturated heterocycles. The number of carboxylic acids is 1. The third-order valence-corrected chi connectivity index (χ3v) is 7.66. The standard InChI is InChI=1S/C24H22ClNO4S/c25-21-10-6-18(7-11-21)19-8-12-22(13-9-19)31(29,30)26(16-24(27)28)23-15-20(23)14-17-4-2-1-3-5-17/h1-13,20,23H,14-16H2,(H,27,28)/t20-,23+/m1/s1. The number of nitrogens with zero attached hydrogens (tertiary/aromatic N) is 1. The highest BCUT2D eigenvalue weighted by molar-refractivity contribution is 7.89. The quantitative estimate of drug-likeness (QED) is 0.533. The summed E-state index contributed by atoms with van der Waals surface area (Å²) in [7, 11) is -3.93. The van der Waals surface area contributed by atoms with Crippen LogP contribution in [-0.4, -0.2) is 36.4 Å². The minimum absolute atomic E-state index is 0.0943. The number of hydrogen-bond acceptors (Lipinski definition) is 3. The Kier molecular flexibility index (Phi) is 6.14. The second-order valence-corrected chi connectivity index (χ2v) is 10.1. The van der Waals surface area contributed by atoms with E-state index in [-0.39, 0.29) is 16.9 Å². The van der Waals surface area contributed by atoms with Crippen molar-refractivity contribution in [3.63, 3.8) is 0 Å². The fourth-order valence-electron chi connectivity index (χ4n) is 3.83. The average molecular weight is 456 g/mol. The number of rotatable bonds is 8. The summed E-state index contributed by atoms with van der Waals surface area (Å²) >= 11 is 5.93. The number of benzene rings is 3. The van der Waals surface area contributed by atoms with Crippen LogP contribution in [0.3, 0.4) is 0 Å². The summed E-state index contributed by atoms with van der Waals surface area (Å²) in [5.74, 6) is -1.04. The van der Waals surface area contributed by atoms with Gasteiger partial charge in [-0.1, -0.05) is 66.2 Å². The molecule has 0 spiro atoms. The molecule has 4 rings (SSSR count). The van der Waals surface area contributed by atoms with Crippen molar-refractivity contribution in [2.24, 2.45) is 5.92 Å². The molecule has 3 aromatic rings. The first-order valence-corrected chi connectivity index (χ1v) is 11.8. The van der Waals surface area contributed by atoms with E-state index < -0.39 is 22.5 Å². The summed E-state index contributed by atoms with van der Waals surface area (Å²) in [4.78, 5) is 11.5. The minimum atomic E-state index is -3.93. The average Bonchev–Trinajstić information content (AvgIpc) is 3.51. The minimum Gasteiger partial charge on any atom is -0.480 e. The lowest BCUT2D eigenvalue weighted by Gasteiger charge is -2.21. The van der Waals surface area contributed by atoms with Gasteiger partial charge in [-0.05, 0) is 59.7 Å². The highest BCUT2D eigenvalue weighted by atomic mass is 35.5. The second-order valence-electron chi connectivity index (χ2n) is 7.73. The molecule has 31 heavy (non-hydrogen) atoms. The Morgan fingerprint density at radius 2 is 1.52 bits per heavy atom. The number of carbonyl (C=O) groups is 1. The first-order valence-electron chi connectivity index (χ1n) is 9.98. The van der Waals surface area contributed by atoms with Crippen LogP contribution in [0.1, 0.15) is 12.0 Å². The van der Waals surface area contributed by atoms with E-state index in [0.29, 0.717) is 11.4 Å². The van der Waals surface area contributed by atoms with Crippen molar-refractivity contribution in [1.82, 2.24) is 4.31 Å². The molecule has 0 unspecified atom stereocenters. The summed E-state index contributed by atoms with van der Waals surface area (Å²) in [5, 5.41) is 9.97. The van der Waals surface area contributed by atoms with Crippen molar-refractivity contribution >= 4 is 27.6 Å². The van der Waals surface area contributed by atoms with Gasteiger partial charge in [-0.2, -0.15) is 4.31 Å². The zero-order valence-electron chi connectivity index (χ0n) is 16.7. The lowest BCUT2D eigenvalue weighted by atomic mass is 10.1. The molecule has 160 valence electrons. The maximum Gasteiger partial charge on any atom is 0.318 e. The Hall–Kier alpha value is -2.67. The normalized spacial score (nSPS) is 18.1. The highest BCUT2D eigenvalue weighted by Crippen LogP contribution is 2.41. The van der Waals surface area contributed by atoms with E-state index in [9.17, 15) is 18.3 Å². The van der Waals surface area contributed by atoms with E-state index in [2.05, 4.69) is 0 Å². The van der Waals surface area contributed by atoms with Crippen molar-refractivity contribution < 1.29 is 18.3 Å². The third-order valence-electron chi connectivity index (χ3n) is 5.53. The van der Waals surface area contributed by atoms with Gasteiger partial charge in [-0.25, -0.2) is 8.42 Å². The number of aliphatic carboxylic acids is 1. The molecule has 0 radical (unpaired) electrons. The topological polar surface area (TPSA) is 74.7 Å². The highest BCUT2D eigenvalue weighted by Gasteiger charge is 2.47. The summed E-state index contributed by atoms with van der Waals surface area (Å²) in [6.45, 7) is -0.544. The number of halogens is 1. The fourth-order valence-corrected chi connectivity index (χ4v) is 5.60. The van der Waals surface area contributed by atoms with Crippen LogP contribution >= 0.6 is 11.6 Å². The monoisotopic (exact) mass is 455 g/mol. The fraction of sp³-hybridized carbons (Fsp3) is 0.208. The summed E-state index contributed by atoms with van der Waals surface area (Å²) < 4.78 is 27.7. The van der Waals surface area contributed by atoms with Crippen LogP contribution in [0.5, 0.6) is 0 Å². The molecule has 7 heteroatoms. The Morgan fingerprint density at radius 3 is 2.10 bits per heavy atom. The SMILES string of the molecule is O=C(O)CN([C@H]1C[C@H]1Cc1ccccc1)S(=O)(=O)c1ccc(-c2ccc(Cl)cc2)cc1. The zero-order chi connectivity index (χ0) is 22.0. The number of hydrogen-bond donors (Lipinski definition) is 1. The van der Waals surface area contributed by atoms with Crippen LogP contribution in [-0.2, 0) is 21.2 Å². The van der Waals surface area contributed by atoms with Gasteiger partial charge >= 0.3 is 5.97 Å². The maximum atomic E-state index is 13.3. The van der Waals surface area contributed by atoms with Crippen LogP contribution < -0.4 is 0 Å². The van der Waals surface area contributed by atoms with Gasteiger partial charge in [0, 0.05) is 11.1 Å². The molecule has 2 atom stereocenters. The Balaban J connectivity index is 1.55.